The molecule has 2 amide bonds. The molecule has 0 bridgehead atoms. The van der Waals surface area contributed by atoms with Crippen molar-refractivity contribution in [3.63, 3.8) is 0 Å². The number of imide groups is 1. The number of halogens is 3. The van der Waals surface area contributed by atoms with Crippen molar-refractivity contribution < 1.29 is 18.4 Å². The normalized spacial score (nSPS) is 16.9. The highest BCUT2D eigenvalue weighted by Gasteiger charge is 2.37. The molecule has 1 saturated heterocycles. The van der Waals surface area contributed by atoms with E-state index in [2.05, 4.69) is 4.90 Å². The summed E-state index contributed by atoms with van der Waals surface area (Å²) in [6, 6.07) is 19.0. The zero-order valence-corrected chi connectivity index (χ0v) is 19.5. The first-order chi connectivity index (χ1) is 16.9. The van der Waals surface area contributed by atoms with Gasteiger partial charge in [-0.15, -0.1) is 0 Å². The van der Waals surface area contributed by atoms with Crippen molar-refractivity contribution in [1.82, 2.24) is 9.80 Å². The average molecular weight is 494 g/mol. The highest BCUT2D eigenvalue weighted by atomic mass is 35.5. The Morgan fingerprint density at radius 1 is 0.714 bits per heavy atom. The van der Waals surface area contributed by atoms with Gasteiger partial charge in [-0.2, -0.15) is 0 Å². The summed E-state index contributed by atoms with van der Waals surface area (Å²) in [5.74, 6) is -1.39. The molecule has 0 radical (unpaired) electrons. The third-order valence-electron chi connectivity index (χ3n) is 6.38. The summed E-state index contributed by atoms with van der Waals surface area (Å²) < 4.78 is 27.1. The Morgan fingerprint density at radius 3 is 1.74 bits per heavy atom. The smallest absolute Gasteiger partial charge is 0.281 e. The van der Waals surface area contributed by atoms with Crippen molar-refractivity contribution in [1.29, 1.82) is 0 Å². The summed E-state index contributed by atoms with van der Waals surface area (Å²) in [6.07, 6.45) is 1.38. The zero-order valence-electron chi connectivity index (χ0n) is 18.7. The molecule has 2 aliphatic rings. The molecule has 0 unspecified atom stereocenters. The van der Waals surface area contributed by atoms with Gasteiger partial charge in [-0.3, -0.25) is 14.5 Å². The van der Waals surface area contributed by atoms with Crippen LogP contribution in [-0.2, 0) is 9.59 Å². The van der Waals surface area contributed by atoms with Gasteiger partial charge < -0.3 is 4.90 Å². The van der Waals surface area contributed by atoms with Crippen LogP contribution in [-0.4, -0.2) is 47.8 Å². The molecule has 0 atom stereocenters. The largest absolute Gasteiger partial charge is 0.364 e. The Labute approximate surface area is 206 Å². The fraction of sp³-hybridized carbons (Fsp3) is 0.185. The van der Waals surface area contributed by atoms with Crippen LogP contribution in [0.15, 0.2) is 84.6 Å². The lowest BCUT2D eigenvalue weighted by Gasteiger charge is -2.40. The maximum atomic E-state index is 13.6. The Morgan fingerprint density at radius 2 is 1.23 bits per heavy atom. The SMILES string of the molecule is O=C1C=C(N2CCN(C(c3ccc(F)cc3)c3ccc(F)cc3)CC2)C(=O)N1c1ccc(Cl)cc1. The standard InChI is InChI=1S/C27H22ClF2N3O2/c28-20-5-11-23(12-6-20)33-25(34)17-24(27(33)35)31-13-15-32(16-14-31)26(18-1-7-21(29)8-2-18)19-3-9-22(30)10-4-19/h1-12,17,26H,13-16H2. The van der Waals surface area contributed by atoms with Gasteiger partial charge in [0.05, 0.1) is 11.7 Å². The second kappa shape index (κ2) is 9.60. The van der Waals surface area contributed by atoms with E-state index in [1.807, 2.05) is 4.90 Å². The Balaban J connectivity index is 1.33. The zero-order chi connectivity index (χ0) is 24.5. The minimum atomic E-state index is -0.384. The molecule has 1 fully saturated rings. The second-order valence-electron chi connectivity index (χ2n) is 8.51. The minimum Gasteiger partial charge on any atom is -0.364 e. The minimum absolute atomic E-state index is 0.196. The quantitative estimate of drug-likeness (QED) is 0.480. The van der Waals surface area contributed by atoms with Crippen molar-refractivity contribution in [2.45, 2.75) is 6.04 Å². The van der Waals surface area contributed by atoms with Gasteiger partial charge in [0, 0.05) is 37.3 Å². The number of rotatable bonds is 5. The topological polar surface area (TPSA) is 43.9 Å². The molecule has 0 aromatic heterocycles. The Bertz CT molecular complexity index is 1220. The molecule has 5 nitrogen and oxygen atoms in total. The molecule has 0 saturated carbocycles. The van der Waals surface area contributed by atoms with Crippen LogP contribution in [0.2, 0.25) is 5.02 Å². The fourth-order valence-electron chi connectivity index (χ4n) is 4.64. The van der Waals surface area contributed by atoms with Gasteiger partial charge in [0.25, 0.3) is 11.8 Å². The highest BCUT2D eigenvalue weighted by molar-refractivity contribution is 6.32. The lowest BCUT2D eigenvalue weighted by Crippen LogP contribution is -2.48. The number of hydrogen-bond donors (Lipinski definition) is 0. The number of amides is 2. The highest BCUT2D eigenvalue weighted by Crippen LogP contribution is 2.32. The molecule has 2 aliphatic heterocycles. The third kappa shape index (κ3) is 4.70. The van der Waals surface area contributed by atoms with E-state index in [0.29, 0.717) is 42.6 Å². The molecule has 8 heteroatoms. The van der Waals surface area contributed by atoms with E-state index in [1.54, 1.807) is 48.5 Å². The molecule has 5 rings (SSSR count). The number of carbonyl (C=O) groups excluding carboxylic acids is 2. The summed E-state index contributed by atoms with van der Waals surface area (Å²) in [5.41, 5.74) is 2.63. The number of piperazine rings is 1. The first-order valence-corrected chi connectivity index (χ1v) is 11.6. The fourth-order valence-corrected chi connectivity index (χ4v) is 4.77. The molecule has 0 spiro atoms. The van der Waals surface area contributed by atoms with E-state index in [4.69, 9.17) is 11.6 Å². The molecule has 2 heterocycles. The van der Waals surface area contributed by atoms with Crippen LogP contribution < -0.4 is 4.90 Å². The van der Waals surface area contributed by atoms with Crippen LogP contribution in [0.3, 0.4) is 0 Å². The summed E-state index contributed by atoms with van der Waals surface area (Å²) in [4.78, 5) is 31.0. The maximum Gasteiger partial charge on any atom is 0.281 e. The monoisotopic (exact) mass is 493 g/mol. The van der Waals surface area contributed by atoms with Gasteiger partial charge in [-0.05, 0) is 59.7 Å². The van der Waals surface area contributed by atoms with Gasteiger partial charge in [0.15, 0.2) is 0 Å². The molecule has 178 valence electrons. The van der Waals surface area contributed by atoms with Gasteiger partial charge >= 0.3 is 0 Å². The molecule has 0 aliphatic carbocycles. The van der Waals surface area contributed by atoms with Crippen LogP contribution >= 0.6 is 11.6 Å². The van der Waals surface area contributed by atoms with Crippen LogP contribution in [0.4, 0.5) is 14.5 Å². The van der Waals surface area contributed by atoms with Gasteiger partial charge in [0.1, 0.15) is 17.3 Å². The number of hydrogen-bond acceptors (Lipinski definition) is 4. The van der Waals surface area contributed by atoms with E-state index in [-0.39, 0.29) is 29.5 Å². The van der Waals surface area contributed by atoms with Crippen molar-refractivity contribution >= 4 is 29.1 Å². The molecule has 35 heavy (non-hydrogen) atoms. The maximum absolute atomic E-state index is 13.6. The first-order valence-electron chi connectivity index (χ1n) is 11.3. The number of nitrogens with zero attached hydrogens (tertiary/aromatic N) is 3. The van der Waals surface area contributed by atoms with Gasteiger partial charge in [-0.1, -0.05) is 35.9 Å². The van der Waals surface area contributed by atoms with Crippen LogP contribution in [0, 0.1) is 11.6 Å². The van der Waals surface area contributed by atoms with Crippen molar-refractivity contribution in [2.24, 2.45) is 0 Å². The van der Waals surface area contributed by atoms with Gasteiger partial charge in [-0.25, -0.2) is 13.7 Å². The predicted octanol–water partition coefficient (Wildman–Crippen LogP) is 4.78. The van der Waals surface area contributed by atoms with E-state index < -0.39 is 0 Å². The van der Waals surface area contributed by atoms with E-state index in [9.17, 15) is 18.4 Å². The molecular weight excluding hydrogens is 472 g/mol. The van der Waals surface area contributed by atoms with E-state index >= 15 is 0 Å². The molecule has 3 aromatic rings. The lowest BCUT2D eigenvalue weighted by molar-refractivity contribution is -0.121. The van der Waals surface area contributed by atoms with Crippen LogP contribution in [0.1, 0.15) is 17.2 Å². The predicted molar refractivity (Wildman–Crippen MR) is 130 cm³/mol. The first kappa shape index (κ1) is 23.2. The second-order valence-corrected chi connectivity index (χ2v) is 8.95. The molecule has 0 N–H and O–H groups in total. The van der Waals surface area contributed by atoms with E-state index in [1.165, 1.54) is 30.3 Å². The summed E-state index contributed by atoms with van der Waals surface area (Å²) in [5, 5.41) is 0.522. The van der Waals surface area contributed by atoms with Gasteiger partial charge in [0.2, 0.25) is 0 Å². The number of carbonyl (C=O) groups is 2. The van der Waals surface area contributed by atoms with Crippen molar-refractivity contribution in [3.05, 3.63) is 112 Å². The summed E-state index contributed by atoms with van der Waals surface area (Å²) >= 11 is 5.93. The number of benzene rings is 3. The van der Waals surface area contributed by atoms with Crippen LogP contribution in [0.25, 0.3) is 0 Å². The lowest BCUT2D eigenvalue weighted by atomic mass is 9.96. The molecule has 3 aromatic carbocycles. The average Bonchev–Trinajstić information content (AvgIpc) is 3.16. The summed E-state index contributed by atoms with van der Waals surface area (Å²) in [7, 11) is 0. The number of anilines is 1. The Hall–Kier alpha value is -3.55. The Kier molecular flexibility index (Phi) is 6.36. The van der Waals surface area contributed by atoms with Crippen molar-refractivity contribution in [3.8, 4) is 0 Å². The summed E-state index contributed by atoms with van der Waals surface area (Å²) in [6.45, 7) is 2.24. The molecular formula is C27H22ClF2N3O2. The van der Waals surface area contributed by atoms with Crippen LogP contribution in [0.5, 0.6) is 0 Å². The third-order valence-corrected chi connectivity index (χ3v) is 6.63. The van der Waals surface area contributed by atoms with Crippen molar-refractivity contribution in [2.75, 3.05) is 31.1 Å². The van der Waals surface area contributed by atoms with E-state index in [0.717, 1.165) is 16.0 Å².